The van der Waals surface area contributed by atoms with Crippen molar-refractivity contribution in [2.75, 3.05) is 13.1 Å². The highest BCUT2D eigenvalue weighted by Gasteiger charge is 2.39. The van der Waals surface area contributed by atoms with Crippen LogP contribution in [0.4, 0.5) is 0 Å². The molecule has 1 aromatic heterocycles. The fourth-order valence-corrected chi connectivity index (χ4v) is 9.13. The van der Waals surface area contributed by atoms with Crippen molar-refractivity contribution in [3.8, 4) is 5.75 Å². The molecule has 2 aliphatic rings. The number of para-hydroxylation sites is 1. The fraction of sp³-hybridized carbons (Fsp3) is 0.558. The van der Waals surface area contributed by atoms with Gasteiger partial charge >= 0.3 is 0 Å². The monoisotopic (exact) mass is 939 g/mol. The van der Waals surface area contributed by atoms with E-state index in [9.17, 15) is 48.3 Å². The van der Waals surface area contributed by atoms with E-state index in [-0.39, 0.29) is 105 Å². The average Bonchev–Trinajstić information content (AvgIpc) is 4.07. The number of ketones is 4. The first-order valence-corrected chi connectivity index (χ1v) is 24.2. The second-order valence-corrected chi connectivity index (χ2v) is 19.7. The molecule has 0 aliphatic carbocycles. The van der Waals surface area contributed by atoms with E-state index in [4.69, 9.17) is 0 Å². The molecule has 0 saturated carbocycles. The molecule has 2 saturated heterocycles. The lowest BCUT2D eigenvalue weighted by atomic mass is 9.87. The summed E-state index contributed by atoms with van der Waals surface area (Å²) in [6, 6.07) is 10.6. The summed E-state index contributed by atoms with van der Waals surface area (Å²) in [6.07, 6.45) is 3.78. The van der Waals surface area contributed by atoms with Crippen molar-refractivity contribution in [2.45, 2.75) is 155 Å². The highest BCUT2D eigenvalue weighted by molar-refractivity contribution is 5.99. The van der Waals surface area contributed by atoms with Crippen LogP contribution in [0.3, 0.4) is 0 Å². The van der Waals surface area contributed by atoms with Crippen LogP contribution in [-0.2, 0) is 56.0 Å². The van der Waals surface area contributed by atoms with Gasteiger partial charge in [-0.2, -0.15) is 0 Å². The number of likely N-dealkylation sites (tertiary alicyclic amines) is 1. The molecule has 3 aromatic rings. The molecule has 5 amide bonds. The third-order valence-electron chi connectivity index (χ3n) is 13.0. The number of amides is 5. The number of rotatable bonds is 27. The fourth-order valence-electron chi connectivity index (χ4n) is 9.13. The Morgan fingerprint density at radius 3 is 1.94 bits per heavy atom. The van der Waals surface area contributed by atoms with E-state index in [1.165, 1.54) is 12.1 Å². The Labute approximate surface area is 398 Å². The van der Waals surface area contributed by atoms with Crippen LogP contribution in [0, 0.1) is 17.8 Å². The zero-order valence-corrected chi connectivity index (χ0v) is 40.2. The van der Waals surface area contributed by atoms with Crippen LogP contribution in [-0.4, -0.2) is 104 Å². The predicted octanol–water partition coefficient (Wildman–Crippen LogP) is 5.12. The molecular formula is C52H70N6O10. The number of hydrogen-bond donors (Lipinski definition) is 6. The van der Waals surface area contributed by atoms with Crippen molar-refractivity contribution in [3.63, 3.8) is 0 Å². The minimum Gasteiger partial charge on any atom is -0.508 e. The van der Waals surface area contributed by atoms with Crippen molar-refractivity contribution in [3.05, 3.63) is 65.9 Å². The molecule has 0 unspecified atom stereocenters. The number of nitrogens with one attached hydrogen (secondary N) is 5. The molecule has 0 bridgehead atoms. The quantitative estimate of drug-likeness (QED) is 0.0590. The minimum atomic E-state index is -1.12. The summed E-state index contributed by atoms with van der Waals surface area (Å²) in [5.74, 6) is -4.14. The average molecular weight is 939 g/mol. The molecule has 0 spiro atoms. The molecule has 68 heavy (non-hydrogen) atoms. The Hall–Kier alpha value is -6.19. The van der Waals surface area contributed by atoms with E-state index >= 15 is 0 Å². The first kappa shape index (κ1) is 52.8. The lowest BCUT2D eigenvalue weighted by Gasteiger charge is -2.26. The number of H-pyrrole nitrogens is 1. The smallest absolute Gasteiger partial charge is 0.224 e. The molecule has 16 nitrogen and oxygen atoms in total. The SMILES string of the molecule is CC(C)C[C@@H](CC(=O)[C@H](Cc1ccc(O)cc1)NC(=O)CCC(=O)[C@H](Cc1c[nH]c2ccccc12)NC(=O)CCC(=O)[C@]1(C)CCC(=O)N1)C(=O)N[C@@H](CC(C)C)C(=O)CCC(=O)N1CCCC1. The number of carbonyl (C=O) groups is 9. The van der Waals surface area contributed by atoms with Gasteiger partial charge in [0.15, 0.2) is 23.1 Å². The summed E-state index contributed by atoms with van der Waals surface area (Å²) in [5.41, 5.74) is 1.16. The maximum Gasteiger partial charge on any atom is 0.224 e. The van der Waals surface area contributed by atoms with E-state index < -0.39 is 58.9 Å². The standard InChI is InChI=1S/C52H70N6O10/c1-32(2)26-35(51(68)56-40(27-33(3)4)44(61)17-21-50(67)58-24-8-9-25-58)30-45(62)41(28-34-12-14-37(59)15-13-34)54-47(64)19-16-43(60)42(29-36-31-53-39-11-7-6-10-38(36)39)55-48(65)20-18-46(63)52(5)23-22-49(66)57-52/h6-7,10-15,31-33,35,40-42,53,59H,8-9,16-30H2,1-5H3,(H,54,64)(H,55,65)(H,56,68)(H,57,66)/t35-,40-,41-,42-,52-/m0/s1. The van der Waals surface area contributed by atoms with Crippen LogP contribution in [0.5, 0.6) is 5.75 Å². The first-order chi connectivity index (χ1) is 32.3. The molecule has 5 rings (SSSR count). The number of fused-ring (bicyclic) bond motifs is 1. The molecular weight excluding hydrogens is 869 g/mol. The lowest BCUT2D eigenvalue weighted by molar-refractivity contribution is -0.135. The Bertz CT molecular complexity index is 2300. The van der Waals surface area contributed by atoms with Gasteiger partial charge in [-0.15, -0.1) is 0 Å². The van der Waals surface area contributed by atoms with Crippen molar-refractivity contribution < 1.29 is 48.3 Å². The molecule has 5 atom stereocenters. The molecule has 2 fully saturated rings. The van der Waals surface area contributed by atoms with Gasteiger partial charge in [0.25, 0.3) is 0 Å². The maximum atomic E-state index is 14.3. The number of hydrogen-bond acceptors (Lipinski definition) is 10. The van der Waals surface area contributed by atoms with Crippen LogP contribution in [0.25, 0.3) is 10.9 Å². The second kappa shape index (κ2) is 24.7. The number of Topliss-reactive ketones (excluding diaryl/α,β-unsaturated/α-hetero) is 4. The summed E-state index contributed by atoms with van der Waals surface area (Å²) in [4.78, 5) is 125. The molecule has 2 aliphatic heterocycles. The molecule has 3 heterocycles. The van der Waals surface area contributed by atoms with E-state index in [1.54, 1.807) is 30.2 Å². The highest BCUT2D eigenvalue weighted by Crippen LogP contribution is 2.25. The summed E-state index contributed by atoms with van der Waals surface area (Å²) in [5, 5.41) is 22.0. The molecule has 6 N–H and O–H groups in total. The van der Waals surface area contributed by atoms with E-state index in [1.807, 2.05) is 52.0 Å². The maximum absolute atomic E-state index is 14.3. The van der Waals surface area contributed by atoms with Gasteiger partial charge in [-0.05, 0) is 86.6 Å². The van der Waals surface area contributed by atoms with Gasteiger partial charge in [0.2, 0.25) is 29.5 Å². The Kier molecular flexibility index (Phi) is 19.2. The first-order valence-electron chi connectivity index (χ1n) is 24.2. The van der Waals surface area contributed by atoms with Gasteiger partial charge in [0.1, 0.15) is 5.75 Å². The van der Waals surface area contributed by atoms with E-state index in [2.05, 4.69) is 26.3 Å². The number of phenolic OH excluding ortho intramolecular Hbond substituents is 1. The minimum absolute atomic E-state index is 0.0104. The van der Waals surface area contributed by atoms with Gasteiger partial charge < -0.3 is 36.3 Å². The van der Waals surface area contributed by atoms with Gasteiger partial charge in [0, 0.05) is 93.9 Å². The Balaban J connectivity index is 1.27. The number of nitrogens with zero attached hydrogens (tertiary/aromatic N) is 1. The number of benzene rings is 2. The lowest BCUT2D eigenvalue weighted by Crippen LogP contribution is -2.48. The van der Waals surface area contributed by atoms with E-state index in [0.717, 1.165) is 29.3 Å². The van der Waals surface area contributed by atoms with Gasteiger partial charge in [0.05, 0.1) is 23.7 Å². The topological polar surface area (TPSA) is 241 Å². The van der Waals surface area contributed by atoms with Gasteiger partial charge in [-0.3, -0.25) is 43.2 Å². The highest BCUT2D eigenvalue weighted by atomic mass is 16.3. The van der Waals surface area contributed by atoms with Crippen molar-refractivity contribution in [1.82, 2.24) is 31.2 Å². The second-order valence-electron chi connectivity index (χ2n) is 19.7. The summed E-state index contributed by atoms with van der Waals surface area (Å²) in [6.45, 7) is 10.7. The molecule has 368 valence electrons. The predicted molar refractivity (Wildman–Crippen MR) is 256 cm³/mol. The number of aromatic hydroxyl groups is 1. The number of aromatic nitrogens is 1. The van der Waals surface area contributed by atoms with Gasteiger partial charge in [-0.25, -0.2) is 0 Å². The third-order valence-corrected chi connectivity index (χ3v) is 13.0. The van der Waals surface area contributed by atoms with Crippen LogP contribution in [0.2, 0.25) is 0 Å². The number of aromatic amines is 1. The zero-order valence-electron chi connectivity index (χ0n) is 40.2. The molecule has 16 heteroatoms. The van der Waals surface area contributed by atoms with Crippen molar-refractivity contribution in [1.29, 1.82) is 0 Å². The molecule has 0 radical (unpaired) electrons. The largest absolute Gasteiger partial charge is 0.508 e. The van der Waals surface area contributed by atoms with Crippen LogP contribution in [0.1, 0.15) is 129 Å². The zero-order chi connectivity index (χ0) is 49.5. The van der Waals surface area contributed by atoms with Crippen LogP contribution < -0.4 is 21.3 Å². The third kappa shape index (κ3) is 15.7. The van der Waals surface area contributed by atoms with E-state index in [0.29, 0.717) is 37.9 Å². The summed E-state index contributed by atoms with van der Waals surface area (Å²) < 4.78 is 0. The van der Waals surface area contributed by atoms with Gasteiger partial charge in [-0.1, -0.05) is 58.0 Å². The summed E-state index contributed by atoms with van der Waals surface area (Å²) >= 11 is 0. The van der Waals surface area contributed by atoms with Crippen molar-refractivity contribution >= 4 is 63.6 Å². The Morgan fingerprint density at radius 2 is 1.31 bits per heavy atom. The number of phenols is 1. The summed E-state index contributed by atoms with van der Waals surface area (Å²) in [7, 11) is 0. The number of carbonyl (C=O) groups excluding carboxylic acids is 9. The molecule has 2 aromatic carbocycles. The van der Waals surface area contributed by atoms with Crippen LogP contribution >= 0.6 is 0 Å². The Morgan fingerprint density at radius 1 is 0.706 bits per heavy atom. The normalized spacial score (nSPS) is 17.6. The van der Waals surface area contributed by atoms with Crippen molar-refractivity contribution in [2.24, 2.45) is 17.8 Å². The van der Waals surface area contributed by atoms with Crippen LogP contribution in [0.15, 0.2) is 54.7 Å².